The number of rotatable bonds is 10. The summed E-state index contributed by atoms with van der Waals surface area (Å²) in [5, 5.41) is 6.87. The molecule has 0 bridgehead atoms. The van der Waals surface area contributed by atoms with E-state index in [1.165, 1.54) is 5.56 Å². The van der Waals surface area contributed by atoms with Gasteiger partial charge in [-0.3, -0.25) is 9.59 Å². The molecule has 2 rings (SSSR count). The largest absolute Gasteiger partial charge is 0.351 e. The van der Waals surface area contributed by atoms with Crippen molar-refractivity contribution < 1.29 is 9.59 Å². The van der Waals surface area contributed by atoms with Gasteiger partial charge in [-0.25, -0.2) is 0 Å². The molecular formula is C24H38ClN3O2. The molecule has 30 heavy (non-hydrogen) atoms. The molecule has 5 nitrogen and oxygen atoms in total. The Morgan fingerprint density at radius 2 is 1.93 bits per heavy atom. The van der Waals surface area contributed by atoms with Gasteiger partial charge < -0.3 is 16.4 Å². The normalized spacial score (nSPS) is 21.1. The number of nitrogens with two attached hydrogens (primary N) is 1. The van der Waals surface area contributed by atoms with Gasteiger partial charge in [-0.05, 0) is 49.3 Å². The van der Waals surface area contributed by atoms with Crippen LogP contribution in [0.2, 0.25) is 5.02 Å². The van der Waals surface area contributed by atoms with Gasteiger partial charge in [0, 0.05) is 17.0 Å². The highest BCUT2D eigenvalue weighted by molar-refractivity contribution is 6.30. The maximum Gasteiger partial charge on any atom is 0.242 e. The second-order valence-electron chi connectivity index (χ2n) is 9.00. The van der Waals surface area contributed by atoms with Crippen molar-refractivity contribution in [2.45, 2.75) is 96.2 Å². The van der Waals surface area contributed by atoms with Crippen molar-refractivity contribution in [1.82, 2.24) is 10.6 Å². The predicted octanol–water partition coefficient (Wildman–Crippen LogP) is 4.53. The van der Waals surface area contributed by atoms with Crippen molar-refractivity contribution in [3.63, 3.8) is 0 Å². The summed E-state index contributed by atoms with van der Waals surface area (Å²) < 4.78 is 0. The summed E-state index contributed by atoms with van der Waals surface area (Å²) >= 11 is 6.20. The predicted molar refractivity (Wildman–Crippen MR) is 123 cm³/mol. The Kier molecular flexibility index (Phi) is 10.1. The van der Waals surface area contributed by atoms with Crippen LogP contribution >= 0.6 is 11.6 Å². The van der Waals surface area contributed by atoms with E-state index < -0.39 is 12.1 Å². The second-order valence-corrected chi connectivity index (χ2v) is 9.44. The summed E-state index contributed by atoms with van der Waals surface area (Å²) in [5.41, 5.74) is 7.19. The van der Waals surface area contributed by atoms with Crippen LogP contribution in [-0.4, -0.2) is 29.9 Å². The van der Waals surface area contributed by atoms with Gasteiger partial charge in [0.15, 0.2) is 0 Å². The van der Waals surface area contributed by atoms with Crippen LogP contribution in [0.4, 0.5) is 0 Å². The number of carbonyl (C=O) groups excluding carboxylic acids is 2. The molecule has 6 heteroatoms. The third-order valence-electron chi connectivity index (χ3n) is 5.92. The monoisotopic (exact) mass is 435 g/mol. The van der Waals surface area contributed by atoms with Gasteiger partial charge in [-0.2, -0.15) is 0 Å². The number of benzene rings is 1. The first-order chi connectivity index (χ1) is 14.3. The van der Waals surface area contributed by atoms with Crippen molar-refractivity contribution in [2.75, 3.05) is 0 Å². The van der Waals surface area contributed by atoms with Crippen LogP contribution in [0.1, 0.15) is 83.6 Å². The summed E-state index contributed by atoms with van der Waals surface area (Å²) in [7, 11) is 0. The van der Waals surface area contributed by atoms with E-state index in [0.29, 0.717) is 17.9 Å². The fraction of sp³-hybridized carbons (Fsp3) is 0.667. The van der Waals surface area contributed by atoms with Crippen LogP contribution in [0.5, 0.6) is 0 Å². The first kappa shape index (κ1) is 24.7. The highest BCUT2D eigenvalue weighted by Gasteiger charge is 2.31. The Bertz CT molecular complexity index is 695. The second kappa shape index (κ2) is 12.3. The Morgan fingerprint density at radius 1 is 1.20 bits per heavy atom. The van der Waals surface area contributed by atoms with E-state index in [1.54, 1.807) is 0 Å². The van der Waals surface area contributed by atoms with Crippen LogP contribution in [0, 0.1) is 5.92 Å². The quantitative estimate of drug-likeness (QED) is 0.504. The van der Waals surface area contributed by atoms with E-state index in [1.807, 2.05) is 18.2 Å². The lowest BCUT2D eigenvalue weighted by Gasteiger charge is -2.34. The molecular weight excluding hydrogens is 398 g/mol. The van der Waals surface area contributed by atoms with E-state index in [4.69, 9.17) is 17.3 Å². The molecule has 0 aromatic heterocycles. The molecule has 0 saturated heterocycles. The van der Waals surface area contributed by atoms with Gasteiger partial charge in [0.1, 0.15) is 6.04 Å². The lowest BCUT2D eigenvalue weighted by molar-refractivity contribution is -0.130. The van der Waals surface area contributed by atoms with Gasteiger partial charge in [-0.1, -0.05) is 70.2 Å². The molecule has 0 aliphatic heterocycles. The van der Waals surface area contributed by atoms with E-state index in [0.717, 1.165) is 38.5 Å². The van der Waals surface area contributed by atoms with E-state index in [-0.39, 0.29) is 29.7 Å². The average molecular weight is 436 g/mol. The Balaban J connectivity index is 2.07. The molecule has 1 aliphatic rings. The molecule has 168 valence electrons. The summed E-state index contributed by atoms with van der Waals surface area (Å²) in [6.45, 7) is 6.18. The third-order valence-corrected chi connectivity index (χ3v) is 6.15. The molecule has 0 spiro atoms. The smallest absolute Gasteiger partial charge is 0.242 e. The molecule has 2 amide bonds. The van der Waals surface area contributed by atoms with Gasteiger partial charge in [-0.15, -0.1) is 0 Å². The van der Waals surface area contributed by atoms with Crippen LogP contribution in [0.3, 0.4) is 0 Å². The standard InChI is InChI=1S/C24H38ClN3O2/c1-4-5-12-20(26)23(29)28-22(14-16(2)3)24(30)27-21-13-7-6-11-19(21)17-9-8-10-18(25)15-17/h8-10,15-16,19-22H,4-7,11-14,26H2,1-3H3,(H,27,30)(H,28,29)/t19-,20-,21+,22-/m0/s1. The Morgan fingerprint density at radius 3 is 2.60 bits per heavy atom. The fourth-order valence-electron chi connectivity index (χ4n) is 4.26. The van der Waals surface area contributed by atoms with Crippen molar-refractivity contribution in [2.24, 2.45) is 11.7 Å². The number of halogens is 1. The minimum absolute atomic E-state index is 0.0463. The summed E-state index contributed by atoms with van der Waals surface area (Å²) in [5.74, 6) is 0.171. The van der Waals surface area contributed by atoms with Gasteiger partial charge in [0.05, 0.1) is 6.04 Å². The lowest BCUT2D eigenvalue weighted by Crippen LogP contribution is -2.54. The molecule has 1 fully saturated rings. The van der Waals surface area contributed by atoms with Crippen LogP contribution in [0.25, 0.3) is 0 Å². The molecule has 1 saturated carbocycles. The molecule has 4 N–H and O–H groups in total. The maximum atomic E-state index is 13.2. The zero-order valence-corrected chi connectivity index (χ0v) is 19.4. The van der Waals surface area contributed by atoms with Crippen molar-refractivity contribution in [3.8, 4) is 0 Å². The van der Waals surface area contributed by atoms with Crippen molar-refractivity contribution in [1.29, 1.82) is 0 Å². The topological polar surface area (TPSA) is 84.2 Å². The highest BCUT2D eigenvalue weighted by atomic mass is 35.5. The van der Waals surface area contributed by atoms with Gasteiger partial charge >= 0.3 is 0 Å². The highest BCUT2D eigenvalue weighted by Crippen LogP contribution is 2.34. The third kappa shape index (κ3) is 7.59. The number of unbranched alkanes of at least 4 members (excludes halogenated alkanes) is 1. The van der Waals surface area contributed by atoms with E-state index in [9.17, 15) is 9.59 Å². The summed E-state index contributed by atoms with van der Waals surface area (Å²) in [6.07, 6.45) is 7.30. The number of carbonyl (C=O) groups is 2. The van der Waals surface area contributed by atoms with Crippen molar-refractivity contribution in [3.05, 3.63) is 34.9 Å². The molecule has 0 heterocycles. The van der Waals surface area contributed by atoms with Gasteiger partial charge in [0.25, 0.3) is 0 Å². The lowest BCUT2D eigenvalue weighted by atomic mass is 9.80. The fourth-order valence-corrected chi connectivity index (χ4v) is 4.46. The number of hydrogen-bond donors (Lipinski definition) is 3. The van der Waals surface area contributed by atoms with Crippen LogP contribution in [0.15, 0.2) is 24.3 Å². The average Bonchev–Trinajstić information content (AvgIpc) is 2.71. The molecule has 1 aliphatic carbocycles. The van der Waals surface area contributed by atoms with E-state index >= 15 is 0 Å². The van der Waals surface area contributed by atoms with E-state index in [2.05, 4.69) is 37.5 Å². The zero-order chi connectivity index (χ0) is 22.1. The SMILES string of the molecule is CCCC[C@H](N)C(=O)N[C@@H](CC(C)C)C(=O)N[C@@H]1CCCC[C@H]1c1cccc(Cl)c1. The molecule has 1 aromatic rings. The first-order valence-electron chi connectivity index (χ1n) is 11.4. The number of hydrogen-bond acceptors (Lipinski definition) is 3. The minimum atomic E-state index is -0.568. The first-order valence-corrected chi connectivity index (χ1v) is 11.8. The Hall–Kier alpha value is -1.59. The zero-order valence-electron chi connectivity index (χ0n) is 18.6. The maximum absolute atomic E-state index is 13.2. The van der Waals surface area contributed by atoms with Crippen LogP contribution in [-0.2, 0) is 9.59 Å². The molecule has 1 aromatic carbocycles. The minimum Gasteiger partial charge on any atom is -0.351 e. The number of amides is 2. The van der Waals surface area contributed by atoms with Gasteiger partial charge in [0.2, 0.25) is 11.8 Å². The van der Waals surface area contributed by atoms with Crippen molar-refractivity contribution >= 4 is 23.4 Å². The molecule has 4 atom stereocenters. The molecule has 0 unspecified atom stereocenters. The molecule has 0 radical (unpaired) electrons. The Labute approximate surface area is 186 Å². The summed E-state index contributed by atoms with van der Waals surface area (Å²) in [4.78, 5) is 25.7. The summed E-state index contributed by atoms with van der Waals surface area (Å²) in [6, 6.07) is 6.83. The number of nitrogens with one attached hydrogen (secondary N) is 2. The van der Waals surface area contributed by atoms with Crippen LogP contribution < -0.4 is 16.4 Å².